The van der Waals surface area contributed by atoms with Crippen LogP contribution >= 0.6 is 11.8 Å². The molecule has 5 nitrogen and oxygen atoms in total. The number of hydrogen-bond acceptors (Lipinski definition) is 4. The maximum Gasteiger partial charge on any atom is 0.269 e. The lowest BCUT2D eigenvalue weighted by Crippen LogP contribution is -2.22. The Labute approximate surface area is 139 Å². The molecule has 0 spiro atoms. The number of aliphatic imine (C=N–C) groups is 1. The van der Waals surface area contributed by atoms with Gasteiger partial charge in [0.2, 0.25) is 0 Å². The summed E-state index contributed by atoms with van der Waals surface area (Å²) in [4.78, 5) is 17.3. The topological polar surface area (TPSA) is 58.7 Å². The van der Waals surface area contributed by atoms with Gasteiger partial charge in [0.1, 0.15) is 0 Å². The van der Waals surface area contributed by atoms with Crippen LogP contribution in [0.2, 0.25) is 0 Å². The summed E-state index contributed by atoms with van der Waals surface area (Å²) in [7, 11) is 2.04. The third kappa shape index (κ3) is 3.22. The Morgan fingerprint density at radius 3 is 2.65 bits per heavy atom. The predicted octanol–water partition coefficient (Wildman–Crippen LogP) is 4.31. The van der Waals surface area contributed by atoms with Crippen LogP contribution in [0.1, 0.15) is 17.2 Å². The summed E-state index contributed by atoms with van der Waals surface area (Å²) in [6, 6.07) is 15.4. The predicted molar refractivity (Wildman–Crippen MR) is 94.3 cm³/mol. The van der Waals surface area contributed by atoms with Crippen molar-refractivity contribution in [3.63, 3.8) is 0 Å². The molecule has 0 radical (unpaired) electrons. The molecule has 2 aromatic carbocycles. The van der Waals surface area contributed by atoms with E-state index in [9.17, 15) is 10.1 Å². The second-order valence-electron chi connectivity index (χ2n) is 5.47. The van der Waals surface area contributed by atoms with Gasteiger partial charge in [-0.05, 0) is 24.1 Å². The van der Waals surface area contributed by atoms with Gasteiger partial charge in [0.05, 0.1) is 16.7 Å². The number of nitrogens with zero attached hydrogens (tertiary/aromatic N) is 3. The van der Waals surface area contributed by atoms with E-state index in [-0.39, 0.29) is 10.6 Å². The highest BCUT2D eigenvalue weighted by molar-refractivity contribution is 8.14. The molecule has 1 heterocycles. The van der Waals surface area contributed by atoms with Gasteiger partial charge in [-0.3, -0.25) is 10.1 Å². The van der Waals surface area contributed by atoms with Gasteiger partial charge in [-0.2, -0.15) is 0 Å². The Balaban J connectivity index is 1.85. The summed E-state index contributed by atoms with van der Waals surface area (Å²) in [5, 5.41) is 11.8. The van der Waals surface area contributed by atoms with E-state index in [0.717, 1.165) is 22.2 Å². The van der Waals surface area contributed by atoms with Crippen LogP contribution in [0.5, 0.6) is 0 Å². The second-order valence-corrected chi connectivity index (χ2v) is 6.46. The zero-order valence-electron chi connectivity index (χ0n) is 13.0. The average Bonchev–Trinajstić information content (AvgIpc) is 2.91. The van der Waals surface area contributed by atoms with Crippen molar-refractivity contribution in [2.75, 3.05) is 12.8 Å². The third-order valence-electron chi connectivity index (χ3n) is 3.93. The van der Waals surface area contributed by atoms with E-state index < -0.39 is 0 Å². The first kappa shape index (κ1) is 15.6. The monoisotopic (exact) mass is 327 g/mol. The number of nitro groups is 1. The van der Waals surface area contributed by atoms with Crippen LogP contribution in [0.15, 0.2) is 53.5 Å². The molecule has 2 aromatic rings. The van der Waals surface area contributed by atoms with Crippen molar-refractivity contribution in [1.29, 1.82) is 0 Å². The van der Waals surface area contributed by atoms with E-state index in [4.69, 9.17) is 4.99 Å². The highest BCUT2D eigenvalue weighted by Crippen LogP contribution is 2.35. The number of nitro benzene ring substituents is 1. The molecule has 23 heavy (non-hydrogen) atoms. The van der Waals surface area contributed by atoms with Crippen LogP contribution in [-0.2, 0) is 0 Å². The van der Waals surface area contributed by atoms with Crippen molar-refractivity contribution in [3.05, 3.63) is 69.8 Å². The number of non-ortho nitro benzene ring substituents is 1. The van der Waals surface area contributed by atoms with Crippen molar-refractivity contribution < 1.29 is 4.92 Å². The fourth-order valence-corrected chi connectivity index (χ4v) is 3.81. The third-order valence-corrected chi connectivity index (χ3v) is 5.05. The first-order valence-corrected chi connectivity index (χ1v) is 8.29. The molecule has 1 fully saturated rings. The van der Waals surface area contributed by atoms with E-state index in [0.29, 0.717) is 6.04 Å². The summed E-state index contributed by atoms with van der Waals surface area (Å²) in [6.45, 7) is 1.85. The smallest absolute Gasteiger partial charge is 0.269 e. The van der Waals surface area contributed by atoms with Crippen LogP contribution in [0, 0.1) is 17.0 Å². The molecule has 1 atom stereocenters. The number of hydrogen-bond donors (Lipinski definition) is 0. The number of thioether (sulfide) groups is 1. The van der Waals surface area contributed by atoms with Crippen molar-refractivity contribution in [3.8, 4) is 0 Å². The van der Waals surface area contributed by atoms with Crippen LogP contribution in [-0.4, -0.2) is 27.8 Å². The minimum absolute atomic E-state index is 0.0982. The Kier molecular flexibility index (Phi) is 4.34. The van der Waals surface area contributed by atoms with Gasteiger partial charge >= 0.3 is 0 Å². The van der Waals surface area contributed by atoms with E-state index >= 15 is 0 Å². The molecule has 0 aromatic heterocycles. The minimum Gasteiger partial charge on any atom is -0.346 e. The molecule has 0 N–H and O–H groups in total. The Bertz CT molecular complexity index is 762. The molecular weight excluding hydrogens is 310 g/mol. The number of aryl methyl sites for hydroxylation is 1. The molecule has 1 aliphatic rings. The van der Waals surface area contributed by atoms with E-state index in [1.54, 1.807) is 23.9 Å². The van der Waals surface area contributed by atoms with Gasteiger partial charge in [-0.15, -0.1) is 0 Å². The minimum atomic E-state index is -0.383. The molecule has 0 saturated carbocycles. The molecule has 3 rings (SSSR count). The SMILES string of the molecule is Cc1cc([N+](=O)[O-])ccc1N=C1SCC(c2ccccc2)N1C. The lowest BCUT2D eigenvalue weighted by molar-refractivity contribution is -0.384. The molecule has 1 unspecified atom stereocenters. The van der Waals surface area contributed by atoms with Gasteiger partial charge in [0, 0.05) is 24.9 Å². The fraction of sp³-hybridized carbons (Fsp3) is 0.235. The van der Waals surface area contributed by atoms with Crippen LogP contribution in [0.4, 0.5) is 11.4 Å². The van der Waals surface area contributed by atoms with Gasteiger partial charge in [-0.25, -0.2) is 4.99 Å². The normalized spacial score (nSPS) is 19.3. The summed E-state index contributed by atoms with van der Waals surface area (Å²) >= 11 is 1.71. The van der Waals surface area contributed by atoms with E-state index in [1.165, 1.54) is 11.6 Å². The molecule has 0 amide bonds. The molecular formula is C17H17N3O2S. The zero-order chi connectivity index (χ0) is 16.4. The molecule has 1 aliphatic heterocycles. The molecule has 0 bridgehead atoms. The lowest BCUT2D eigenvalue weighted by atomic mass is 10.1. The largest absolute Gasteiger partial charge is 0.346 e. The van der Waals surface area contributed by atoms with Gasteiger partial charge in [0.15, 0.2) is 5.17 Å². The fourth-order valence-electron chi connectivity index (χ4n) is 2.59. The standard InChI is InChI=1S/C17H17N3O2S/c1-12-10-14(20(21)22)8-9-15(12)18-17-19(2)16(11-23-17)13-6-4-3-5-7-13/h3-10,16H,11H2,1-2H3. The Hall–Kier alpha value is -2.34. The summed E-state index contributed by atoms with van der Waals surface area (Å²) in [6.07, 6.45) is 0. The van der Waals surface area contributed by atoms with E-state index in [1.807, 2.05) is 32.2 Å². The number of rotatable bonds is 3. The van der Waals surface area contributed by atoms with E-state index in [2.05, 4.69) is 17.0 Å². The highest BCUT2D eigenvalue weighted by atomic mass is 32.2. The van der Waals surface area contributed by atoms with Crippen LogP contribution in [0.25, 0.3) is 0 Å². The van der Waals surface area contributed by atoms with Gasteiger partial charge in [-0.1, -0.05) is 42.1 Å². The molecule has 6 heteroatoms. The average molecular weight is 327 g/mol. The van der Waals surface area contributed by atoms with Gasteiger partial charge < -0.3 is 4.90 Å². The first-order chi connectivity index (χ1) is 11.1. The Morgan fingerprint density at radius 1 is 1.26 bits per heavy atom. The highest BCUT2D eigenvalue weighted by Gasteiger charge is 2.28. The molecule has 0 aliphatic carbocycles. The van der Waals surface area contributed by atoms with Crippen molar-refractivity contribution in [2.45, 2.75) is 13.0 Å². The Morgan fingerprint density at radius 2 is 2.00 bits per heavy atom. The zero-order valence-corrected chi connectivity index (χ0v) is 13.8. The van der Waals surface area contributed by atoms with Crippen molar-refractivity contribution >= 4 is 28.3 Å². The summed E-state index contributed by atoms with van der Waals surface area (Å²) in [5.74, 6) is 0.950. The number of amidine groups is 1. The first-order valence-electron chi connectivity index (χ1n) is 7.30. The van der Waals surface area contributed by atoms with Crippen molar-refractivity contribution in [2.24, 2.45) is 4.99 Å². The van der Waals surface area contributed by atoms with Crippen LogP contribution in [0.3, 0.4) is 0 Å². The summed E-state index contributed by atoms with van der Waals surface area (Å²) in [5.41, 5.74) is 2.96. The summed E-state index contributed by atoms with van der Waals surface area (Å²) < 4.78 is 0. The lowest BCUT2D eigenvalue weighted by Gasteiger charge is -2.21. The quantitative estimate of drug-likeness (QED) is 0.622. The van der Waals surface area contributed by atoms with Crippen molar-refractivity contribution in [1.82, 2.24) is 4.90 Å². The molecule has 1 saturated heterocycles. The second kappa shape index (κ2) is 6.42. The molecule has 118 valence electrons. The van der Waals surface area contributed by atoms with Gasteiger partial charge in [0.25, 0.3) is 5.69 Å². The van der Waals surface area contributed by atoms with Crippen LogP contribution < -0.4 is 0 Å². The number of benzene rings is 2. The maximum atomic E-state index is 10.8. The maximum absolute atomic E-state index is 10.8.